The second-order valence-electron chi connectivity index (χ2n) is 4.42. The molecule has 1 aromatic carbocycles. The molecule has 0 saturated carbocycles. The van der Waals surface area contributed by atoms with Crippen molar-refractivity contribution in [3.8, 4) is 20.9 Å². The lowest BCUT2D eigenvalue weighted by Gasteiger charge is -2.03. The first kappa shape index (κ1) is 15.0. The van der Waals surface area contributed by atoms with Gasteiger partial charge in [0.15, 0.2) is 6.29 Å². The highest BCUT2D eigenvalue weighted by Gasteiger charge is 2.14. The third-order valence-electron chi connectivity index (χ3n) is 3.21. The smallest absolute Gasteiger partial charge is 0.160 e. The van der Waals surface area contributed by atoms with Crippen LogP contribution >= 0.6 is 34.4 Å². The Morgan fingerprint density at radius 1 is 0.909 bits per heavy atom. The van der Waals surface area contributed by atoms with Crippen LogP contribution in [-0.4, -0.2) is 15.0 Å². The van der Waals surface area contributed by atoms with E-state index in [1.54, 1.807) is 11.3 Å². The molecule has 0 aliphatic carbocycles. The molecular weight excluding hydrogens is 332 g/mol. The van der Waals surface area contributed by atoms with Gasteiger partial charge in [0.25, 0.3) is 0 Å². The number of aldehydes is 1. The van der Waals surface area contributed by atoms with Crippen molar-refractivity contribution < 1.29 is 4.79 Å². The molecule has 22 heavy (non-hydrogen) atoms. The first-order valence-corrected chi connectivity index (χ1v) is 8.64. The normalized spacial score (nSPS) is 10.5. The maximum Gasteiger partial charge on any atom is 0.160 e. The molecular formula is C16H12N2OS3. The first-order chi connectivity index (χ1) is 10.4. The summed E-state index contributed by atoms with van der Waals surface area (Å²) >= 11 is 4.40. The van der Waals surface area contributed by atoms with E-state index in [2.05, 4.69) is 32.3 Å². The molecule has 3 aromatic heterocycles. The molecule has 0 aliphatic heterocycles. The zero-order valence-corrected chi connectivity index (χ0v) is 13.1. The lowest BCUT2D eigenvalue weighted by Crippen LogP contribution is -1.81. The Labute approximate surface area is 140 Å². The number of carbonyl (C=O) groups excluding carboxylic acids is 1. The van der Waals surface area contributed by atoms with Crippen molar-refractivity contribution >= 4 is 51.7 Å². The van der Waals surface area contributed by atoms with Crippen LogP contribution in [0, 0.1) is 0 Å². The topological polar surface area (TPSA) is 42.9 Å². The van der Waals surface area contributed by atoms with E-state index in [-0.39, 0.29) is 7.43 Å². The molecule has 0 unspecified atom stereocenters. The van der Waals surface area contributed by atoms with Crippen molar-refractivity contribution in [1.29, 1.82) is 0 Å². The van der Waals surface area contributed by atoms with Crippen LogP contribution in [-0.2, 0) is 0 Å². The largest absolute Gasteiger partial charge is 0.297 e. The fraction of sp³-hybridized carbons (Fsp3) is 0.0625. The van der Waals surface area contributed by atoms with E-state index in [0.717, 1.165) is 38.2 Å². The lowest BCUT2D eigenvalue weighted by molar-refractivity contribution is 0.112. The molecule has 3 nitrogen and oxygen atoms in total. The quantitative estimate of drug-likeness (QED) is 0.455. The predicted octanol–water partition coefficient (Wildman–Crippen LogP) is 5.60. The average Bonchev–Trinajstić information content (AvgIpc) is 3.25. The van der Waals surface area contributed by atoms with Crippen molar-refractivity contribution in [2.45, 2.75) is 7.43 Å². The Morgan fingerprint density at radius 3 is 2.23 bits per heavy atom. The minimum Gasteiger partial charge on any atom is -0.297 e. The van der Waals surface area contributed by atoms with Gasteiger partial charge in [-0.3, -0.25) is 4.79 Å². The van der Waals surface area contributed by atoms with Crippen LogP contribution in [0.2, 0.25) is 0 Å². The number of hydrogen-bond donors (Lipinski definition) is 0. The van der Waals surface area contributed by atoms with Crippen molar-refractivity contribution in [3.63, 3.8) is 0 Å². The van der Waals surface area contributed by atoms with Gasteiger partial charge in [0, 0.05) is 20.9 Å². The molecule has 0 bridgehead atoms. The third-order valence-corrected chi connectivity index (χ3v) is 5.69. The Kier molecular flexibility index (Phi) is 4.15. The fourth-order valence-corrected chi connectivity index (χ4v) is 4.43. The Hall–Kier alpha value is -1.89. The van der Waals surface area contributed by atoms with Gasteiger partial charge in [0.05, 0.1) is 16.6 Å². The van der Waals surface area contributed by atoms with Gasteiger partial charge in [-0.15, -0.1) is 22.7 Å². The Morgan fingerprint density at radius 2 is 1.64 bits per heavy atom. The van der Waals surface area contributed by atoms with Gasteiger partial charge in [-0.1, -0.05) is 25.6 Å². The van der Waals surface area contributed by atoms with Gasteiger partial charge in [-0.25, -0.2) is 0 Å². The average molecular weight is 344 g/mol. The highest BCUT2D eigenvalue weighted by Crippen LogP contribution is 2.38. The molecule has 110 valence electrons. The van der Waals surface area contributed by atoms with Gasteiger partial charge in [-0.2, -0.15) is 8.75 Å². The third kappa shape index (κ3) is 2.39. The van der Waals surface area contributed by atoms with E-state index in [1.807, 2.05) is 18.2 Å². The summed E-state index contributed by atoms with van der Waals surface area (Å²) in [6.07, 6.45) is 0.880. The summed E-state index contributed by atoms with van der Waals surface area (Å²) in [6.45, 7) is 0. The van der Waals surface area contributed by atoms with Crippen LogP contribution < -0.4 is 0 Å². The summed E-state index contributed by atoms with van der Waals surface area (Å²) < 4.78 is 8.91. The van der Waals surface area contributed by atoms with Gasteiger partial charge in [-0.05, 0) is 23.6 Å². The number of hydrogen-bond acceptors (Lipinski definition) is 6. The molecule has 6 heteroatoms. The van der Waals surface area contributed by atoms with E-state index in [0.29, 0.717) is 0 Å². The molecule has 4 rings (SSSR count). The van der Waals surface area contributed by atoms with E-state index in [1.165, 1.54) is 27.9 Å². The number of benzene rings is 1. The zero-order valence-electron chi connectivity index (χ0n) is 10.6. The van der Waals surface area contributed by atoms with Crippen LogP contribution in [0.4, 0.5) is 0 Å². The molecule has 0 amide bonds. The molecule has 0 aliphatic rings. The summed E-state index contributed by atoms with van der Waals surface area (Å²) in [7, 11) is 0. The fourth-order valence-electron chi connectivity index (χ4n) is 2.26. The second-order valence-corrected chi connectivity index (χ2v) is 7.01. The Balaban J connectivity index is 0.00000144. The van der Waals surface area contributed by atoms with Gasteiger partial charge >= 0.3 is 0 Å². The number of fused-ring (bicyclic) bond motifs is 1. The van der Waals surface area contributed by atoms with E-state index in [4.69, 9.17) is 0 Å². The van der Waals surface area contributed by atoms with E-state index in [9.17, 15) is 4.79 Å². The molecule has 4 aromatic rings. The van der Waals surface area contributed by atoms with E-state index >= 15 is 0 Å². The van der Waals surface area contributed by atoms with Gasteiger partial charge < -0.3 is 0 Å². The van der Waals surface area contributed by atoms with Crippen LogP contribution in [0.5, 0.6) is 0 Å². The first-order valence-electron chi connectivity index (χ1n) is 6.21. The molecule has 0 atom stereocenters. The summed E-state index contributed by atoms with van der Waals surface area (Å²) in [5.41, 5.74) is 3.99. The SMILES string of the molecule is C.O=Cc1ccc(-c2ccc(-c3cccs3)c3nsnc23)s1. The molecule has 0 radical (unpaired) electrons. The Bertz CT molecular complexity index is 922. The minimum absolute atomic E-state index is 0. The number of nitrogens with zero attached hydrogens (tertiary/aromatic N) is 2. The highest BCUT2D eigenvalue weighted by molar-refractivity contribution is 7.17. The lowest BCUT2D eigenvalue weighted by atomic mass is 10.1. The van der Waals surface area contributed by atoms with Crippen molar-refractivity contribution in [2.24, 2.45) is 0 Å². The summed E-state index contributed by atoms with van der Waals surface area (Å²) in [6, 6.07) is 12.1. The number of rotatable bonds is 3. The maximum absolute atomic E-state index is 10.9. The second kappa shape index (κ2) is 6.08. The van der Waals surface area contributed by atoms with Crippen LogP contribution in [0.25, 0.3) is 31.9 Å². The molecule has 3 heterocycles. The summed E-state index contributed by atoms with van der Waals surface area (Å²) in [5.74, 6) is 0. The van der Waals surface area contributed by atoms with Gasteiger partial charge in [0.2, 0.25) is 0 Å². The monoisotopic (exact) mass is 344 g/mol. The predicted molar refractivity (Wildman–Crippen MR) is 96.2 cm³/mol. The van der Waals surface area contributed by atoms with Crippen molar-refractivity contribution in [3.05, 3.63) is 46.7 Å². The standard InChI is InChI=1S/C15H8N2OS3.CH4/c18-8-9-3-6-13(20-9)11-5-4-10(12-2-1-7-19-12)14-15(11)17-21-16-14;/h1-8H;1H4. The maximum atomic E-state index is 10.9. The van der Waals surface area contributed by atoms with Crippen LogP contribution in [0.1, 0.15) is 17.1 Å². The zero-order chi connectivity index (χ0) is 14.2. The van der Waals surface area contributed by atoms with Crippen molar-refractivity contribution in [2.75, 3.05) is 0 Å². The van der Waals surface area contributed by atoms with Crippen LogP contribution in [0.15, 0.2) is 41.8 Å². The van der Waals surface area contributed by atoms with Crippen LogP contribution in [0.3, 0.4) is 0 Å². The molecule has 0 fully saturated rings. The number of carbonyl (C=O) groups is 1. The molecule has 0 spiro atoms. The molecule has 0 N–H and O–H groups in total. The van der Waals surface area contributed by atoms with Gasteiger partial charge in [0.1, 0.15) is 11.0 Å². The van der Waals surface area contributed by atoms with Crippen molar-refractivity contribution in [1.82, 2.24) is 8.75 Å². The summed E-state index contributed by atoms with van der Waals surface area (Å²) in [5, 5.41) is 2.06. The number of aromatic nitrogens is 2. The minimum atomic E-state index is 0. The summed E-state index contributed by atoms with van der Waals surface area (Å²) in [4.78, 5) is 13.8. The van der Waals surface area contributed by atoms with E-state index < -0.39 is 0 Å². The number of thiophene rings is 2. The molecule has 0 saturated heterocycles. The highest BCUT2D eigenvalue weighted by atomic mass is 32.1.